The number of likely N-dealkylation sites (N-methyl/N-ethyl adjacent to an activating group) is 1. The highest BCUT2D eigenvalue weighted by atomic mass is 19.2. The summed E-state index contributed by atoms with van der Waals surface area (Å²) >= 11 is 0. The van der Waals surface area contributed by atoms with Crippen molar-refractivity contribution in [1.29, 1.82) is 0 Å². The summed E-state index contributed by atoms with van der Waals surface area (Å²) in [5, 5.41) is 5.59. The minimum atomic E-state index is -1.03. The number of hydrogen-bond acceptors (Lipinski definition) is 5. The van der Waals surface area contributed by atoms with Gasteiger partial charge in [0.15, 0.2) is 23.1 Å². The molecule has 1 aliphatic carbocycles. The lowest BCUT2D eigenvalue weighted by atomic mass is 9.65. The number of fused-ring (bicyclic) bond motifs is 1. The number of likely N-dealkylation sites (tertiary alicyclic amines) is 1. The van der Waals surface area contributed by atoms with Crippen molar-refractivity contribution in [2.45, 2.75) is 43.2 Å². The number of ether oxygens (including phenoxy) is 2. The Morgan fingerprint density at radius 1 is 0.925 bits per heavy atom. The molecule has 3 fully saturated rings. The van der Waals surface area contributed by atoms with E-state index in [2.05, 4.69) is 28.6 Å². The number of rotatable bonds is 5. The molecule has 1 saturated carbocycles. The predicted octanol–water partition coefficient (Wildman–Crippen LogP) is 4.04. The number of nitrogens with zero attached hydrogens (tertiary/aromatic N) is 3. The van der Waals surface area contributed by atoms with E-state index in [9.17, 15) is 18.4 Å². The van der Waals surface area contributed by atoms with Gasteiger partial charge in [0.2, 0.25) is 0 Å². The molecule has 3 aliphatic rings. The summed E-state index contributed by atoms with van der Waals surface area (Å²) in [5.41, 5.74) is 0.962. The number of hydrogen-bond donors (Lipinski definition) is 2. The normalized spacial score (nSPS) is 24.8. The van der Waals surface area contributed by atoms with Gasteiger partial charge in [0.1, 0.15) is 0 Å². The maximum Gasteiger partial charge on any atom is 0.320 e. The van der Waals surface area contributed by atoms with Gasteiger partial charge >= 0.3 is 12.1 Å². The third kappa shape index (κ3) is 5.39. The van der Waals surface area contributed by atoms with Crippen LogP contribution in [0.4, 0.5) is 24.1 Å². The molecule has 0 aromatic heterocycles. The first-order chi connectivity index (χ1) is 19.2. The topological polar surface area (TPSA) is 86.4 Å². The van der Waals surface area contributed by atoms with Gasteiger partial charge in [0.25, 0.3) is 0 Å². The van der Waals surface area contributed by atoms with Gasteiger partial charge in [0.05, 0.1) is 14.2 Å². The Morgan fingerprint density at radius 3 is 2.38 bits per heavy atom. The summed E-state index contributed by atoms with van der Waals surface area (Å²) < 4.78 is 38.0. The second kappa shape index (κ2) is 11.5. The number of urea groups is 2. The van der Waals surface area contributed by atoms with Crippen molar-refractivity contribution in [1.82, 2.24) is 20.0 Å². The first-order valence-corrected chi connectivity index (χ1v) is 13.7. The van der Waals surface area contributed by atoms with E-state index in [1.807, 2.05) is 21.9 Å². The van der Waals surface area contributed by atoms with Crippen LogP contribution in [0.15, 0.2) is 36.4 Å². The molecule has 0 spiro atoms. The van der Waals surface area contributed by atoms with Crippen LogP contribution in [0.2, 0.25) is 0 Å². The van der Waals surface area contributed by atoms with Crippen molar-refractivity contribution in [2.75, 3.05) is 59.3 Å². The van der Waals surface area contributed by atoms with Crippen LogP contribution in [-0.4, -0.2) is 92.8 Å². The Morgan fingerprint density at radius 2 is 1.68 bits per heavy atom. The van der Waals surface area contributed by atoms with E-state index in [0.717, 1.165) is 43.6 Å². The summed E-state index contributed by atoms with van der Waals surface area (Å²) in [5.74, 6) is -0.717. The number of amides is 4. The summed E-state index contributed by atoms with van der Waals surface area (Å²) in [6.07, 6.45) is 2.84. The number of nitrogens with one attached hydrogen (secondary N) is 2. The van der Waals surface area contributed by atoms with Gasteiger partial charge in [-0.05, 0) is 62.6 Å². The van der Waals surface area contributed by atoms with Crippen molar-refractivity contribution in [3.8, 4) is 11.5 Å². The minimum absolute atomic E-state index is 0.0346. The van der Waals surface area contributed by atoms with Gasteiger partial charge in [-0.3, -0.25) is 0 Å². The maximum absolute atomic E-state index is 13.8. The third-order valence-corrected chi connectivity index (χ3v) is 8.75. The molecule has 3 atom stereocenters. The molecule has 5 rings (SSSR count). The van der Waals surface area contributed by atoms with Crippen LogP contribution in [0.25, 0.3) is 0 Å². The van der Waals surface area contributed by atoms with Crippen LogP contribution in [0.3, 0.4) is 0 Å². The van der Waals surface area contributed by atoms with E-state index in [1.165, 1.54) is 6.07 Å². The molecule has 216 valence electrons. The zero-order valence-corrected chi connectivity index (χ0v) is 23.2. The van der Waals surface area contributed by atoms with Gasteiger partial charge in [0, 0.05) is 62.0 Å². The lowest BCUT2D eigenvalue weighted by molar-refractivity contribution is 0.0977. The smallest absolute Gasteiger partial charge is 0.320 e. The van der Waals surface area contributed by atoms with Gasteiger partial charge in [-0.15, -0.1) is 0 Å². The van der Waals surface area contributed by atoms with Crippen molar-refractivity contribution in [3.63, 3.8) is 0 Å². The molecule has 4 amide bonds. The van der Waals surface area contributed by atoms with Crippen molar-refractivity contribution in [2.24, 2.45) is 0 Å². The van der Waals surface area contributed by atoms with Gasteiger partial charge in [-0.2, -0.15) is 0 Å². The molecule has 0 bridgehead atoms. The lowest BCUT2D eigenvalue weighted by Crippen LogP contribution is -2.58. The quantitative estimate of drug-likeness (QED) is 0.580. The Kier molecular flexibility index (Phi) is 8.02. The fourth-order valence-electron chi connectivity index (χ4n) is 6.50. The molecule has 2 saturated heterocycles. The van der Waals surface area contributed by atoms with Gasteiger partial charge in [-0.25, -0.2) is 18.4 Å². The van der Waals surface area contributed by atoms with E-state index < -0.39 is 17.7 Å². The van der Waals surface area contributed by atoms with Crippen molar-refractivity contribution in [3.05, 3.63) is 53.6 Å². The molecule has 2 aliphatic heterocycles. The number of methoxy groups -OCH3 is 2. The largest absolute Gasteiger partial charge is 0.493 e. The zero-order chi connectivity index (χ0) is 28.4. The fourth-order valence-corrected chi connectivity index (χ4v) is 6.50. The average Bonchev–Trinajstić information content (AvgIpc) is 3.34. The van der Waals surface area contributed by atoms with E-state index in [-0.39, 0.29) is 29.2 Å². The second-order valence-electron chi connectivity index (χ2n) is 11.0. The molecule has 2 heterocycles. The Bertz CT molecular complexity index is 1250. The molecule has 0 radical (unpaired) electrons. The Balaban J connectivity index is 1.38. The van der Waals surface area contributed by atoms with Crippen LogP contribution in [0, 0.1) is 11.6 Å². The fraction of sp³-hybridized carbons (Fsp3) is 0.517. The molecular weight excluding hydrogens is 520 g/mol. The lowest BCUT2D eigenvalue weighted by Gasteiger charge is -2.46. The predicted molar refractivity (Wildman–Crippen MR) is 147 cm³/mol. The highest BCUT2D eigenvalue weighted by Crippen LogP contribution is 2.50. The third-order valence-electron chi connectivity index (χ3n) is 8.75. The number of benzene rings is 2. The summed E-state index contributed by atoms with van der Waals surface area (Å²) in [4.78, 5) is 32.7. The van der Waals surface area contributed by atoms with Crippen LogP contribution in [0.1, 0.15) is 31.2 Å². The van der Waals surface area contributed by atoms with E-state index in [1.54, 1.807) is 14.2 Å². The first kappa shape index (κ1) is 27.9. The number of carbonyl (C=O) groups is 2. The Hall–Kier alpha value is -3.60. The molecule has 9 nitrogen and oxygen atoms in total. The number of anilines is 1. The molecule has 2 N–H and O–H groups in total. The SMILES string of the molecule is COc1ccc([C@@]23CC[C@@H](NC(=O)Nc4ccc(F)c(F)c4)C[C@@H]2N(C(=O)N2CCN(C)CC2)CC3)cc1OC. The van der Waals surface area contributed by atoms with Gasteiger partial charge in [-0.1, -0.05) is 6.07 Å². The van der Waals surface area contributed by atoms with Crippen LogP contribution >= 0.6 is 0 Å². The summed E-state index contributed by atoms with van der Waals surface area (Å²) in [6.45, 7) is 3.65. The summed E-state index contributed by atoms with van der Waals surface area (Å²) in [6, 6.07) is 8.41. The van der Waals surface area contributed by atoms with Gasteiger partial charge < -0.3 is 34.8 Å². The molecule has 0 unspecified atom stereocenters. The molecule has 11 heteroatoms. The highest BCUT2D eigenvalue weighted by molar-refractivity contribution is 5.89. The van der Waals surface area contributed by atoms with E-state index >= 15 is 0 Å². The van der Waals surface area contributed by atoms with Crippen LogP contribution < -0.4 is 20.1 Å². The molecule has 2 aromatic carbocycles. The summed E-state index contributed by atoms with van der Waals surface area (Å²) in [7, 11) is 5.27. The number of halogens is 2. The van der Waals surface area contributed by atoms with E-state index in [4.69, 9.17) is 9.47 Å². The standard InChI is InChI=1S/C29H37F2N5O4/c1-34-12-14-35(15-13-34)28(38)36-11-10-29(19-4-7-24(39-2)25(16-19)40-3)9-8-21(18-26(29)36)33-27(37)32-20-5-6-22(30)23(31)17-20/h4-7,16-17,21,26H,8-15,18H2,1-3H3,(H2,32,33,37)/t21-,26+,29+/m1/s1. The minimum Gasteiger partial charge on any atom is -0.493 e. The first-order valence-electron chi connectivity index (χ1n) is 13.7. The molecular formula is C29H37F2N5O4. The van der Waals surface area contributed by atoms with Crippen LogP contribution in [0.5, 0.6) is 11.5 Å². The molecule has 40 heavy (non-hydrogen) atoms. The highest BCUT2D eigenvalue weighted by Gasteiger charge is 2.54. The zero-order valence-electron chi connectivity index (χ0n) is 23.2. The van der Waals surface area contributed by atoms with E-state index in [0.29, 0.717) is 44.0 Å². The molecule has 2 aromatic rings. The van der Waals surface area contributed by atoms with Crippen molar-refractivity contribution < 1.29 is 27.8 Å². The number of carbonyl (C=O) groups excluding carboxylic acids is 2. The van der Waals surface area contributed by atoms with Crippen molar-refractivity contribution >= 4 is 17.7 Å². The second-order valence-corrected chi connectivity index (χ2v) is 11.0. The monoisotopic (exact) mass is 557 g/mol. The van der Waals surface area contributed by atoms with Crippen LogP contribution in [-0.2, 0) is 5.41 Å². The Labute approximate surface area is 233 Å². The maximum atomic E-state index is 13.8. The average molecular weight is 558 g/mol. The number of piperazine rings is 1.